The Kier molecular flexibility index (Phi) is 6.10. The van der Waals surface area contributed by atoms with Gasteiger partial charge in [-0.05, 0) is 40.7 Å². The van der Waals surface area contributed by atoms with Crippen LogP contribution in [-0.4, -0.2) is 26.5 Å². The third-order valence-electron chi connectivity index (χ3n) is 2.59. The van der Waals surface area contributed by atoms with Crippen LogP contribution in [0, 0.1) is 5.82 Å². The molecule has 0 bridgehead atoms. The molecule has 0 saturated carbocycles. The van der Waals surface area contributed by atoms with E-state index >= 15 is 0 Å². The van der Waals surface area contributed by atoms with Crippen LogP contribution in [0.2, 0.25) is 0 Å². The molecule has 3 N–H and O–H groups in total. The number of anilines is 1. The standard InChI is InChI=1S/C11H16BrFN2O2S2/c1-7(18-2)3-4-15-19(16,17)11-5-8(12)9(13)6-10(11)14/h5-7,15H,3-4,14H2,1-2H3. The molecule has 0 aliphatic heterocycles. The fourth-order valence-corrected chi connectivity index (χ4v) is 3.40. The molecule has 0 fully saturated rings. The third kappa shape index (κ3) is 4.62. The SMILES string of the molecule is CSC(C)CCNS(=O)(=O)c1cc(Br)c(F)cc1N. The highest BCUT2D eigenvalue weighted by Gasteiger charge is 2.19. The first-order valence-corrected chi connectivity index (χ1v) is 9.11. The summed E-state index contributed by atoms with van der Waals surface area (Å²) in [6.45, 7) is 2.33. The summed E-state index contributed by atoms with van der Waals surface area (Å²) in [6.07, 6.45) is 2.68. The molecule has 4 nitrogen and oxygen atoms in total. The third-order valence-corrected chi connectivity index (χ3v) is 5.75. The van der Waals surface area contributed by atoms with Crippen molar-refractivity contribution in [2.24, 2.45) is 0 Å². The van der Waals surface area contributed by atoms with Crippen LogP contribution < -0.4 is 10.5 Å². The molecule has 1 aromatic carbocycles. The number of rotatable bonds is 6. The lowest BCUT2D eigenvalue weighted by molar-refractivity contribution is 0.578. The van der Waals surface area contributed by atoms with Gasteiger partial charge < -0.3 is 5.73 Å². The predicted molar refractivity (Wildman–Crippen MR) is 81.3 cm³/mol. The van der Waals surface area contributed by atoms with Crippen LogP contribution in [0.15, 0.2) is 21.5 Å². The number of nitrogens with one attached hydrogen (secondary N) is 1. The van der Waals surface area contributed by atoms with Gasteiger partial charge in [0.2, 0.25) is 10.0 Å². The van der Waals surface area contributed by atoms with Gasteiger partial charge in [-0.15, -0.1) is 0 Å². The molecule has 1 unspecified atom stereocenters. The van der Waals surface area contributed by atoms with E-state index in [1.165, 1.54) is 6.07 Å². The van der Waals surface area contributed by atoms with Crippen LogP contribution >= 0.6 is 27.7 Å². The first-order chi connectivity index (χ1) is 8.77. The highest BCUT2D eigenvalue weighted by molar-refractivity contribution is 9.10. The normalized spacial score (nSPS) is 13.5. The fourth-order valence-electron chi connectivity index (χ4n) is 1.37. The molecular weight excluding hydrogens is 355 g/mol. The molecule has 8 heteroatoms. The second-order valence-corrected chi connectivity index (χ2v) is 7.90. The van der Waals surface area contributed by atoms with Crippen LogP contribution in [0.1, 0.15) is 13.3 Å². The van der Waals surface area contributed by atoms with E-state index in [1.54, 1.807) is 11.8 Å². The molecule has 0 aliphatic carbocycles. The zero-order valence-corrected chi connectivity index (χ0v) is 13.8. The summed E-state index contributed by atoms with van der Waals surface area (Å²) in [4.78, 5) is -0.113. The Bertz CT molecular complexity index is 552. The Hall–Kier alpha value is -0.310. The number of hydrogen-bond donors (Lipinski definition) is 2. The zero-order chi connectivity index (χ0) is 14.6. The summed E-state index contributed by atoms with van der Waals surface area (Å²) in [6, 6.07) is 2.16. The van der Waals surface area contributed by atoms with Gasteiger partial charge in [-0.3, -0.25) is 0 Å². The quantitative estimate of drug-likeness (QED) is 0.754. The van der Waals surface area contributed by atoms with Crippen molar-refractivity contribution >= 4 is 43.4 Å². The number of benzene rings is 1. The number of halogens is 2. The molecule has 1 rings (SSSR count). The summed E-state index contributed by atoms with van der Waals surface area (Å²) in [5.74, 6) is -0.590. The van der Waals surface area contributed by atoms with Gasteiger partial charge in [-0.1, -0.05) is 6.92 Å². The molecule has 1 atom stereocenters. The summed E-state index contributed by atoms with van der Waals surface area (Å²) in [5.41, 5.74) is 5.44. The van der Waals surface area contributed by atoms with Crippen molar-refractivity contribution in [1.29, 1.82) is 0 Å². The first kappa shape index (κ1) is 16.7. The monoisotopic (exact) mass is 370 g/mol. The summed E-state index contributed by atoms with van der Waals surface area (Å²) >= 11 is 4.61. The molecule has 0 aromatic heterocycles. The number of sulfonamides is 1. The van der Waals surface area contributed by atoms with E-state index in [0.29, 0.717) is 18.2 Å². The first-order valence-electron chi connectivity index (χ1n) is 5.55. The highest BCUT2D eigenvalue weighted by Crippen LogP contribution is 2.26. The predicted octanol–water partition coefficient (Wildman–Crippen LogP) is 2.59. The van der Waals surface area contributed by atoms with Gasteiger partial charge in [0.25, 0.3) is 0 Å². The van der Waals surface area contributed by atoms with Crippen LogP contribution in [0.25, 0.3) is 0 Å². The molecule has 0 spiro atoms. The lowest BCUT2D eigenvalue weighted by Crippen LogP contribution is -2.27. The molecule has 0 saturated heterocycles. The molecule has 0 heterocycles. The van der Waals surface area contributed by atoms with Gasteiger partial charge in [0.05, 0.1) is 10.2 Å². The Morgan fingerprint density at radius 3 is 2.74 bits per heavy atom. The second kappa shape index (κ2) is 6.92. The van der Waals surface area contributed by atoms with Crippen molar-refractivity contribution in [2.45, 2.75) is 23.5 Å². The maximum Gasteiger partial charge on any atom is 0.242 e. The Morgan fingerprint density at radius 1 is 1.53 bits per heavy atom. The van der Waals surface area contributed by atoms with Gasteiger partial charge in [0.15, 0.2) is 0 Å². The van der Waals surface area contributed by atoms with Crippen LogP contribution in [-0.2, 0) is 10.0 Å². The molecule has 0 amide bonds. The second-order valence-electron chi connectivity index (χ2n) is 4.04. The Labute approximate surface area is 125 Å². The summed E-state index contributed by atoms with van der Waals surface area (Å²) < 4.78 is 39.8. The lowest BCUT2D eigenvalue weighted by atomic mass is 10.3. The van der Waals surface area contributed by atoms with E-state index in [9.17, 15) is 12.8 Å². The van der Waals surface area contributed by atoms with E-state index in [4.69, 9.17) is 5.73 Å². The zero-order valence-electron chi connectivity index (χ0n) is 10.6. The van der Waals surface area contributed by atoms with Crippen LogP contribution in [0.5, 0.6) is 0 Å². The van der Waals surface area contributed by atoms with Gasteiger partial charge in [0, 0.05) is 11.8 Å². The fraction of sp³-hybridized carbons (Fsp3) is 0.455. The minimum atomic E-state index is -3.72. The van der Waals surface area contributed by atoms with E-state index in [-0.39, 0.29) is 15.1 Å². The largest absolute Gasteiger partial charge is 0.398 e. The molecular formula is C11H16BrFN2O2S2. The molecule has 0 radical (unpaired) electrons. The number of nitrogen functional groups attached to an aromatic ring is 1. The molecule has 0 aliphatic rings. The van der Waals surface area contributed by atoms with Crippen LogP contribution in [0.4, 0.5) is 10.1 Å². The number of nitrogens with two attached hydrogens (primary N) is 1. The van der Waals surface area contributed by atoms with Crippen molar-refractivity contribution in [3.63, 3.8) is 0 Å². The number of thioether (sulfide) groups is 1. The molecule has 108 valence electrons. The van der Waals surface area contributed by atoms with E-state index in [1.807, 2.05) is 13.2 Å². The Balaban J connectivity index is 2.86. The topological polar surface area (TPSA) is 72.2 Å². The lowest BCUT2D eigenvalue weighted by Gasteiger charge is -2.12. The maximum absolute atomic E-state index is 13.2. The summed E-state index contributed by atoms with van der Waals surface area (Å²) in [5, 5.41) is 0.361. The Morgan fingerprint density at radius 2 is 2.16 bits per heavy atom. The van der Waals surface area contributed by atoms with Crippen molar-refractivity contribution in [3.8, 4) is 0 Å². The summed E-state index contributed by atoms with van der Waals surface area (Å²) in [7, 11) is -3.72. The van der Waals surface area contributed by atoms with Crippen molar-refractivity contribution < 1.29 is 12.8 Å². The van der Waals surface area contributed by atoms with E-state index in [2.05, 4.69) is 20.7 Å². The van der Waals surface area contributed by atoms with Gasteiger partial charge in [-0.2, -0.15) is 11.8 Å². The average molecular weight is 371 g/mol. The minimum Gasteiger partial charge on any atom is -0.398 e. The molecule has 1 aromatic rings. The van der Waals surface area contributed by atoms with Crippen LogP contribution in [0.3, 0.4) is 0 Å². The van der Waals surface area contributed by atoms with Crippen molar-refractivity contribution in [3.05, 3.63) is 22.4 Å². The van der Waals surface area contributed by atoms with E-state index < -0.39 is 15.8 Å². The smallest absolute Gasteiger partial charge is 0.242 e. The van der Waals surface area contributed by atoms with E-state index in [0.717, 1.165) is 6.07 Å². The van der Waals surface area contributed by atoms with Crippen molar-refractivity contribution in [1.82, 2.24) is 4.72 Å². The van der Waals surface area contributed by atoms with Gasteiger partial charge in [0.1, 0.15) is 10.7 Å². The van der Waals surface area contributed by atoms with Gasteiger partial charge >= 0.3 is 0 Å². The van der Waals surface area contributed by atoms with Crippen molar-refractivity contribution in [2.75, 3.05) is 18.5 Å². The number of hydrogen-bond acceptors (Lipinski definition) is 4. The maximum atomic E-state index is 13.2. The highest BCUT2D eigenvalue weighted by atomic mass is 79.9. The minimum absolute atomic E-state index is 0.0690. The van der Waals surface area contributed by atoms with Gasteiger partial charge in [-0.25, -0.2) is 17.5 Å². The average Bonchev–Trinajstić information content (AvgIpc) is 2.33. The molecule has 19 heavy (non-hydrogen) atoms.